The van der Waals surface area contributed by atoms with Crippen LogP contribution in [0.3, 0.4) is 0 Å². The fraction of sp³-hybridized carbons (Fsp3) is 0.682. The van der Waals surface area contributed by atoms with E-state index in [9.17, 15) is 4.79 Å². The zero-order valence-electron chi connectivity index (χ0n) is 17.0. The van der Waals surface area contributed by atoms with E-state index in [0.29, 0.717) is 13.2 Å². The molecule has 0 spiro atoms. The highest BCUT2D eigenvalue weighted by molar-refractivity contribution is 5.66. The average molecular weight is 365 g/mol. The maximum Gasteiger partial charge on any atom is 0.303 e. The molecule has 0 heterocycles. The predicted molar refractivity (Wildman–Crippen MR) is 106 cm³/mol. The van der Waals surface area contributed by atoms with Crippen LogP contribution in [0, 0.1) is 0 Å². The van der Waals surface area contributed by atoms with Gasteiger partial charge in [0.05, 0.1) is 6.61 Å². The lowest BCUT2D eigenvalue weighted by atomic mass is 9.85. The third kappa shape index (κ3) is 9.23. The van der Waals surface area contributed by atoms with Crippen molar-refractivity contribution in [1.82, 2.24) is 0 Å². The number of hydrogen-bond donors (Lipinski definition) is 1. The topological polar surface area (TPSA) is 55.8 Å². The standard InChI is InChI=1S/C22H36O4/c1-22(2,3)19-14-13-18(17-20(19)26-16-10-15-25-4)11-8-6-5-7-9-12-21(23)24/h13-14,17H,5-12,15-16H2,1-4H3,(H,23,24). The molecule has 0 atom stereocenters. The Morgan fingerprint density at radius 1 is 1.00 bits per heavy atom. The van der Waals surface area contributed by atoms with Gasteiger partial charge in [0.25, 0.3) is 0 Å². The van der Waals surface area contributed by atoms with E-state index in [1.165, 1.54) is 11.1 Å². The van der Waals surface area contributed by atoms with Crippen molar-refractivity contribution in [3.8, 4) is 5.75 Å². The Kier molecular flexibility index (Phi) is 10.3. The van der Waals surface area contributed by atoms with E-state index in [0.717, 1.165) is 50.7 Å². The van der Waals surface area contributed by atoms with E-state index < -0.39 is 5.97 Å². The maximum absolute atomic E-state index is 10.5. The summed E-state index contributed by atoms with van der Waals surface area (Å²) in [4.78, 5) is 10.5. The van der Waals surface area contributed by atoms with Gasteiger partial charge >= 0.3 is 5.97 Å². The molecule has 0 aromatic heterocycles. The summed E-state index contributed by atoms with van der Waals surface area (Å²) in [5.74, 6) is 0.300. The Hall–Kier alpha value is -1.55. The first kappa shape index (κ1) is 22.5. The molecule has 0 aliphatic rings. The van der Waals surface area contributed by atoms with Gasteiger partial charge in [0.2, 0.25) is 0 Å². The number of unbranched alkanes of at least 4 members (excludes halogenated alkanes) is 4. The predicted octanol–water partition coefficient (Wildman–Crippen LogP) is 5.37. The lowest BCUT2D eigenvalue weighted by Gasteiger charge is -2.23. The lowest BCUT2D eigenvalue weighted by molar-refractivity contribution is -0.137. The van der Waals surface area contributed by atoms with Gasteiger partial charge in [0, 0.05) is 26.6 Å². The fourth-order valence-corrected chi connectivity index (χ4v) is 2.98. The van der Waals surface area contributed by atoms with Gasteiger partial charge in [-0.1, -0.05) is 52.2 Å². The number of hydrogen-bond acceptors (Lipinski definition) is 3. The van der Waals surface area contributed by atoms with Crippen molar-refractivity contribution in [2.45, 2.75) is 77.6 Å². The SMILES string of the molecule is COCCCOc1cc(CCCCCCCC(=O)O)ccc1C(C)(C)C. The molecular weight excluding hydrogens is 328 g/mol. The second-order valence-corrected chi connectivity index (χ2v) is 7.94. The van der Waals surface area contributed by atoms with Crippen LogP contribution < -0.4 is 4.74 Å². The van der Waals surface area contributed by atoms with Crippen molar-refractivity contribution in [2.24, 2.45) is 0 Å². The second kappa shape index (κ2) is 11.9. The highest BCUT2D eigenvalue weighted by Crippen LogP contribution is 2.32. The van der Waals surface area contributed by atoms with Crippen LogP contribution in [-0.4, -0.2) is 31.4 Å². The first-order valence-corrected chi connectivity index (χ1v) is 9.81. The molecule has 0 amide bonds. The van der Waals surface area contributed by atoms with Crippen molar-refractivity contribution in [3.05, 3.63) is 29.3 Å². The van der Waals surface area contributed by atoms with Crippen molar-refractivity contribution < 1.29 is 19.4 Å². The largest absolute Gasteiger partial charge is 0.493 e. The smallest absolute Gasteiger partial charge is 0.303 e. The Labute approximate surface area is 158 Å². The number of carboxylic acid groups (broad SMARTS) is 1. The second-order valence-electron chi connectivity index (χ2n) is 7.94. The van der Waals surface area contributed by atoms with Gasteiger partial charge < -0.3 is 14.6 Å². The molecule has 1 N–H and O–H groups in total. The summed E-state index contributed by atoms with van der Waals surface area (Å²) in [5, 5.41) is 8.64. The monoisotopic (exact) mass is 364 g/mol. The van der Waals surface area contributed by atoms with Crippen LogP contribution in [0.4, 0.5) is 0 Å². The van der Waals surface area contributed by atoms with Crippen molar-refractivity contribution in [3.63, 3.8) is 0 Å². The molecule has 0 radical (unpaired) electrons. The average Bonchev–Trinajstić information content (AvgIpc) is 2.57. The summed E-state index contributed by atoms with van der Waals surface area (Å²) >= 11 is 0. The van der Waals surface area contributed by atoms with E-state index in [4.69, 9.17) is 14.6 Å². The van der Waals surface area contributed by atoms with Crippen molar-refractivity contribution >= 4 is 5.97 Å². The van der Waals surface area contributed by atoms with E-state index in [-0.39, 0.29) is 11.8 Å². The molecular formula is C22H36O4. The first-order valence-electron chi connectivity index (χ1n) is 9.81. The zero-order valence-corrected chi connectivity index (χ0v) is 17.0. The van der Waals surface area contributed by atoms with Crippen LogP contribution >= 0.6 is 0 Å². The molecule has 0 aliphatic heterocycles. The third-order valence-corrected chi connectivity index (χ3v) is 4.46. The van der Waals surface area contributed by atoms with Gasteiger partial charge in [0.1, 0.15) is 5.75 Å². The van der Waals surface area contributed by atoms with Crippen LogP contribution in [0.25, 0.3) is 0 Å². The van der Waals surface area contributed by atoms with Crippen molar-refractivity contribution in [1.29, 1.82) is 0 Å². The van der Waals surface area contributed by atoms with Crippen LogP contribution in [0.1, 0.15) is 76.8 Å². The first-order chi connectivity index (χ1) is 12.3. The molecule has 1 rings (SSSR count). The minimum absolute atomic E-state index is 0.0548. The van der Waals surface area contributed by atoms with Gasteiger partial charge in [0.15, 0.2) is 0 Å². The number of rotatable bonds is 13. The van der Waals surface area contributed by atoms with Gasteiger partial charge in [-0.3, -0.25) is 4.79 Å². The van der Waals surface area contributed by atoms with E-state index in [2.05, 4.69) is 39.0 Å². The lowest BCUT2D eigenvalue weighted by Crippen LogP contribution is -2.14. The van der Waals surface area contributed by atoms with Gasteiger partial charge in [-0.2, -0.15) is 0 Å². The van der Waals surface area contributed by atoms with E-state index >= 15 is 0 Å². The molecule has 4 nitrogen and oxygen atoms in total. The Morgan fingerprint density at radius 2 is 1.69 bits per heavy atom. The van der Waals surface area contributed by atoms with Crippen LogP contribution in [0.15, 0.2) is 18.2 Å². The summed E-state index contributed by atoms with van der Waals surface area (Å²) in [5.41, 5.74) is 2.61. The highest BCUT2D eigenvalue weighted by atomic mass is 16.5. The number of benzene rings is 1. The molecule has 0 saturated heterocycles. The normalized spacial score (nSPS) is 11.5. The molecule has 0 aliphatic carbocycles. The Balaban J connectivity index is 2.51. The molecule has 26 heavy (non-hydrogen) atoms. The number of aryl methyl sites for hydroxylation is 1. The number of aliphatic carboxylic acids is 1. The highest BCUT2D eigenvalue weighted by Gasteiger charge is 2.19. The van der Waals surface area contributed by atoms with E-state index in [1.54, 1.807) is 7.11 Å². The number of methoxy groups -OCH3 is 1. The van der Waals surface area contributed by atoms with Crippen LogP contribution in [0.2, 0.25) is 0 Å². The molecule has 1 aromatic carbocycles. The third-order valence-electron chi connectivity index (χ3n) is 4.46. The van der Waals surface area contributed by atoms with Gasteiger partial charge in [-0.15, -0.1) is 0 Å². The van der Waals surface area contributed by atoms with Crippen LogP contribution in [0.5, 0.6) is 5.75 Å². The number of ether oxygens (including phenoxy) is 2. The molecule has 0 unspecified atom stereocenters. The van der Waals surface area contributed by atoms with E-state index in [1.807, 2.05) is 0 Å². The summed E-state index contributed by atoms with van der Waals surface area (Å²) in [6.07, 6.45) is 7.39. The molecule has 1 aromatic rings. The summed E-state index contributed by atoms with van der Waals surface area (Å²) in [6.45, 7) is 8.01. The maximum atomic E-state index is 10.5. The summed E-state index contributed by atoms with van der Waals surface area (Å²) < 4.78 is 11.1. The number of carboxylic acids is 1. The minimum atomic E-state index is -0.693. The Morgan fingerprint density at radius 3 is 2.35 bits per heavy atom. The van der Waals surface area contributed by atoms with Crippen molar-refractivity contribution in [2.75, 3.05) is 20.3 Å². The molecule has 0 fully saturated rings. The van der Waals surface area contributed by atoms with Gasteiger partial charge in [-0.05, 0) is 41.9 Å². The van der Waals surface area contributed by atoms with Gasteiger partial charge in [-0.25, -0.2) is 0 Å². The molecule has 148 valence electrons. The summed E-state index contributed by atoms with van der Waals surface area (Å²) in [6, 6.07) is 6.61. The molecule has 0 saturated carbocycles. The molecule has 0 bridgehead atoms. The van der Waals surface area contributed by atoms with Crippen LogP contribution in [-0.2, 0) is 21.4 Å². The number of carbonyl (C=O) groups is 1. The zero-order chi connectivity index (χ0) is 19.4. The Bertz CT molecular complexity index is 531. The fourth-order valence-electron chi connectivity index (χ4n) is 2.98. The minimum Gasteiger partial charge on any atom is -0.493 e. The molecule has 4 heteroatoms. The quantitative estimate of drug-likeness (QED) is 0.478. The summed E-state index contributed by atoms with van der Waals surface area (Å²) in [7, 11) is 1.71.